The van der Waals surface area contributed by atoms with Crippen molar-refractivity contribution in [1.82, 2.24) is 4.90 Å². The Balaban J connectivity index is 2.08. The van der Waals surface area contributed by atoms with Crippen molar-refractivity contribution in [3.63, 3.8) is 0 Å². The summed E-state index contributed by atoms with van der Waals surface area (Å²) in [5.74, 6) is 0.208. The van der Waals surface area contributed by atoms with Crippen molar-refractivity contribution in [2.45, 2.75) is 42.7 Å². The third-order valence-corrected chi connectivity index (χ3v) is 3.66. The molecule has 2 aliphatic rings. The average Bonchev–Trinajstić information content (AvgIpc) is 2.02. The first-order valence-electron chi connectivity index (χ1n) is 4.76. The normalized spacial score (nSPS) is 40.3. The standard InChI is InChI=1S/C9H13BrFNO/c10-9(11)4-5-12-7(6-9)2-1-3-8(12)13/h7H,1-6H2/t7-,9-/m0/s1. The predicted octanol–water partition coefficient (Wildman–Crippen LogP) is 2.22. The Bertz CT molecular complexity index is 232. The summed E-state index contributed by atoms with van der Waals surface area (Å²) in [6.45, 7) is 0.575. The molecule has 4 heteroatoms. The monoisotopic (exact) mass is 249 g/mol. The van der Waals surface area contributed by atoms with Gasteiger partial charge in [-0.1, -0.05) is 0 Å². The molecule has 2 atom stereocenters. The van der Waals surface area contributed by atoms with Crippen LogP contribution in [0.4, 0.5) is 4.39 Å². The summed E-state index contributed by atoms with van der Waals surface area (Å²) in [5.41, 5.74) is 0. The summed E-state index contributed by atoms with van der Waals surface area (Å²) < 4.78 is 12.3. The lowest BCUT2D eigenvalue weighted by Gasteiger charge is -2.43. The number of alkyl halides is 2. The lowest BCUT2D eigenvalue weighted by Crippen LogP contribution is -2.51. The van der Waals surface area contributed by atoms with Crippen LogP contribution in [-0.2, 0) is 4.79 Å². The number of piperidine rings is 2. The van der Waals surface area contributed by atoms with Crippen LogP contribution in [0, 0.1) is 0 Å². The van der Waals surface area contributed by atoms with Crippen molar-refractivity contribution in [2.24, 2.45) is 0 Å². The van der Waals surface area contributed by atoms with Crippen molar-refractivity contribution >= 4 is 21.8 Å². The van der Waals surface area contributed by atoms with Crippen LogP contribution in [0.2, 0.25) is 0 Å². The quantitative estimate of drug-likeness (QED) is 0.603. The molecule has 0 aromatic carbocycles. The average molecular weight is 250 g/mol. The van der Waals surface area contributed by atoms with E-state index in [1.165, 1.54) is 0 Å². The van der Waals surface area contributed by atoms with Gasteiger partial charge in [0.2, 0.25) is 5.91 Å². The van der Waals surface area contributed by atoms with Gasteiger partial charge in [-0.3, -0.25) is 4.79 Å². The van der Waals surface area contributed by atoms with Gasteiger partial charge in [0.05, 0.1) is 0 Å². The third-order valence-electron chi connectivity index (χ3n) is 2.94. The topological polar surface area (TPSA) is 20.3 Å². The summed E-state index contributed by atoms with van der Waals surface area (Å²) in [6.07, 6.45) is 3.41. The molecule has 0 aromatic heterocycles. The van der Waals surface area contributed by atoms with E-state index in [4.69, 9.17) is 0 Å². The van der Waals surface area contributed by atoms with Crippen molar-refractivity contribution in [1.29, 1.82) is 0 Å². The summed E-state index contributed by atoms with van der Waals surface area (Å²) >= 11 is 3.07. The number of halogens is 2. The maximum atomic E-state index is 13.5. The van der Waals surface area contributed by atoms with Gasteiger partial charge in [0, 0.05) is 31.8 Å². The van der Waals surface area contributed by atoms with Gasteiger partial charge in [-0.05, 0) is 28.8 Å². The molecule has 2 aliphatic heterocycles. The third kappa shape index (κ3) is 1.87. The number of carbonyl (C=O) groups is 1. The zero-order chi connectivity index (χ0) is 9.47. The molecule has 2 saturated heterocycles. The number of fused-ring (bicyclic) bond motifs is 1. The Labute approximate surface area is 85.6 Å². The molecular formula is C9H13BrFNO. The van der Waals surface area contributed by atoms with E-state index in [1.807, 2.05) is 4.90 Å². The Morgan fingerprint density at radius 2 is 2.38 bits per heavy atom. The maximum absolute atomic E-state index is 13.5. The highest BCUT2D eigenvalue weighted by Gasteiger charge is 2.41. The van der Waals surface area contributed by atoms with Gasteiger partial charge in [0.25, 0.3) is 0 Å². The molecule has 0 unspecified atom stereocenters. The van der Waals surface area contributed by atoms with Crippen molar-refractivity contribution in [3.8, 4) is 0 Å². The van der Waals surface area contributed by atoms with E-state index >= 15 is 0 Å². The zero-order valence-electron chi connectivity index (χ0n) is 7.43. The number of carbonyl (C=O) groups excluding carboxylic acids is 1. The molecule has 0 radical (unpaired) electrons. The minimum absolute atomic E-state index is 0.138. The van der Waals surface area contributed by atoms with Gasteiger partial charge < -0.3 is 4.90 Å². The van der Waals surface area contributed by atoms with Crippen LogP contribution in [0.5, 0.6) is 0 Å². The molecule has 74 valence electrons. The molecule has 13 heavy (non-hydrogen) atoms. The van der Waals surface area contributed by atoms with Crippen LogP contribution in [0.3, 0.4) is 0 Å². The van der Waals surface area contributed by atoms with Crippen LogP contribution < -0.4 is 0 Å². The highest BCUT2D eigenvalue weighted by atomic mass is 79.9. The fourth-order valence-corrected chi connectivity index (χ4v) is 2.79. The van der Waals surface area contributed by atoms with Gasteiger partial charge >= 0.3 is 0 Å². The molecule has 0 spiro atoms. The van der Waals surface area contributed by atoms with Gasteiger partial charge in [0.15, 0.2) is 4.58 Å². The summed E-state index contributed by atoms with van der Waals surface area (Å²) in [4.78, 5) is 13.3. The summed E-state index contributed by atoms with van der Waals surface area (Å²) in [5, 5.41) is 0. The fourth-order valence-electron chi connectivity index (χ4n) is 2.24. The zero-order valence-corrected chi connectivity index (χ0v) is 9.02. The minimum atomic E-state index is -1.23. The minimum Gasteiger partial charge on any atom is -0.339 e. The lowest BCUT2D eigenvalue weighted by molar-refractivity contribution is -0.139. The van der Waals surface area contributed by atoms with Crippen LogP contribution in [0.1, 0.15) is 32.1 Å². The highest BCUT2D eigenvalue weighted by molar-refractivity contribution is 9.10. The second kappa shape index (κ2) is 3.23. The van der Waals surface area contributed by atoms with Gasteiger partial charge in [-0.2, -0.15) is 0 Å². The molecule has 2 nitrogen and oxygen atoms in total. The molecule has 0 aliphatic carbocycles. The molecule has 0 aromatic rings. The second-order valence-corrected chi connectivity index (χ2v) is 5.36. The van der Waals surface area contributed by atoms with Gasteiger partial charge in [-0.15, -0.1) is 0 Å². The SMILES string of the molecule is O=C1CCC[C@H]2C[C@](F)(Br)CCN12. The number of rotatable bonds is 0. The summed E-state index contributed by atoms with van der Waals surface area (Å²) in [6, 6.07) is 0.138. The molecule has 0 N–H and O–H groups in total. The van der Waals surface area contributed by atoms with E-state index < -0.39 is 4.58 Å². The Kier molecular flexibility index (Phi) is 2.34. The Morgan fingerprint density at radius 1 is 1.62 bits per heavy atom. The number of amides is 1. The molecule has 1 amide bonds. The molecule has 0 bridgehead atoms. The fraction of sp³-hybridized carbons (Fsp3) is 0.889. The lowest BCUT2D eigenvalue weighted by atomic mass is 9.92. The smallest absolute Gasteiger partial charge is 0.222 e. The molecule has 2 rings (SSSR count). The molecule has 0 saturated carbocycles. The van der Waals surface area contributed by atoms with Gasteiger partial charge in [0.1, 0.15) is 0 Å². The van der Waals surface area contributed by atoms with E-state index in [1.54, 1.807) is 0 Å². The molecule has 2 fully saturated rings. The van der Waals surface area contributed by atoms with E-state index in [0.717, 1.165) is 12.8 Å². The van der Waals surface area contributed by atoms with E-state index in [0.29, 0.717) is 25.8 Å². The van der Waals surface area contributed by atoms with Gasteiger partial charge in [-0.25, -0.2) is 4.39 Å². The first-order chi connectivity index (χ1) is 6.08. The van der Waals surface area contributed by atoms with E-state index in [2.05, 4.69) is 15.9 Å². The second-order valence-electron chi connectivity index (χ2n) is 3.94. The predicted molar refractivity (Wildman–Crippen MR) is 51.4 cm³/mol. The largest absolute Gasteiger partial charge is 0.339 e. The van der Waals surface area contributed by atoms with Crippen molar-refractivity contribution in [2.75, 3.05) is 6.54 Å². The van der Waals surface area contributed by atoms with Crippen LogP contribution in [0.15, 0.2) is 0 Å². The van der Waals surface area contributed by atoms with E-state index in [9.17, 15) is 9.18 Å². The number of hydrogen-bond donors (Lipinski definition) is 0. The number of hydrogen-bond acceptors (Lipinski definition) is 1. The first kappa shape index (κ1) is 9.44. The van der Waals surface area contributed by atoms with Crippen LogP contribution in [0.25, 0.3) is 0 Å². The maximum Gasteiger partial charge on any atom is 0.222 e. The van der Waals surface area contributed by atoms with Crippen LogP contribution >= 0.6 is 15.9 Å². The Hall–Kier alpha value is -0.120. The van der Waals surface area contributed by atoms with Crippen molar-refractivity contribution in [3.05, 3.63) is 0 Å². The van der Waals surface area contributed by atoms with Crippen molar-refractivity contribution < 1.29 is 9.18 Å². The Morgan fingerprint density at radius 3 is 3.15 bits per heavy atom. The highest BCUT2D eigenvalue weighted by Crippen LogP contribution is 2.39. The summed E-state index contributed by atoms with van der Waals surface area (Å²) in [7, 11) is 0. The van der Waals surface area contributed by atoms with Crippen LogP contribution in [-0.4, -0.2) is 28.0 Å². The molecule has 2 heterocycles. The van der Waals surface area contributed by atoms with E-state index in [-0.39, 0.29) is 11.9 Å². The first-order valence-corrected chi connectivity index (χ1v) is 5.55. The number of nitrogens with zero attached hydrogens (tertiary/aromatic N) is 1. The molecular weight excluding hydrogens is 237 g/mol.